The molecule has 0 aromatic heterocycles. The van der Waals surface area contributed by atoms with Crippen LogP contribution >= 0.6 is 12.2 Å². The van der Waals surface area contributed by atoms with E-state index in [1.807, 2.05) is 19.1 Å². The lowest BCUT2D eigenvalue weighted by molar-refractivity contribution is 0.411. The molecular formula is C16H17NS. The fourth-order valence-corrected chi connectivity index (χ4v) is 2.02. The predicted octanol–water partition coefficient (Wildman–Crippen LogP) is 4.04. The number of thiocarbonyl (C=S) groups is 1. The molecule has 2 rings (SSSR count). The second-order valence-electron chi connectivity index (χ2n) is 4.35. The van der Waals surface area contributed by atoms with Crippen LogP contribution in [0.3, 0.4) is 0 Å². The maximum Gasteiger partial charge on any atom is 0.0753 e. The minimum Gasteiger partial charge on any atom is -0.358 e. The van der Waals surface area contributed by atoms with E-state index in [1.165, 1.54) is 11.1 Å². The molecule has 0 amide bonds. The van der Waals surface area contributed by atoms with Gasteiger partial charge in [-0.25, -0.2) is 0 Å². The lowest BCUT2D eigenvalue weighted by Crippen LogP contribution is -2.26. The predicted molar refractivity (Wildman–Crippen MR) is 80.4 cm³/mol. The zero-order valence-corrected chi connectivity index (χ0v) is 11.4. The summed E-state index contributed by atoms with van der Waals surface area (Å²) in [7, 11) is 0. The summed E-state index contributed by atoms with van der Waals surface area (Å²) in [5.74, 6) is 0. The molecule has 0 heterocycles. The van der Waals surface area contributed by atoms with Gasteiger partial charge < -0.3 is 4.90 Å². The molecule has 0 aliphatic carbocycles. The third-order valence-electron chi connectivity index (χ3n) is 2.88. The van der Waals surface area contributed by atoms with E-state index in [0.29, 0.717) is 0 Å². The Bertz CT molecular complexity index is 452. The molecule has 1 nitrogen and oxygen atoms in total. The normalized spacial score (nSPS) is 10.1. The zero-order valence-electron chi connectivity index (χ0n) is 10.5. The molecule has 0 radical (unpaired) electrons. The van der Waals surface area contributed by atoms with E-state index in [-0.39, 0.29) is 0 Å². The van der Waals surface area contributed by atoms with Crippen molar-refractivity contribution in [1.29, 1.82) is 0 Å². The lowest BCUT2D eigenvalue weighted by atomic mass is 10.1. The van der Waals surface area contributed by atoms with E-state index in [2.05, 4.69) is 53.4 Å². The van der Waals surface area contributed by atoms with Crippen LogP contribution < -0.4 is 0 Å². The summed E-state index contributed by atoms with van der Waals surface area (Å²) in [4.78, 5) is 3.16. The van der Waals surface area contributed by atoms with E-state index < -0.39 is 0 Å². The number of nitrogens with zero attached hydrogens (tertiary/aromatic N) is 1. The van der Waals surface area contributed by atoms with Crippen LogP contribution in [0.4, 0.5) is 0 Å². The molecule has 0 unspecified atom stereocenters. The van der Waals surface area contributed by atoms with Crippen LogP contribution in [0.1, 0.15) is 18.1 Å². The average Bonchev–Trinajstić information content (AvgIpc) is 2.40. The van der Waals surface area contributed by atoms with Gasteiger partial charge in [-0.05, 0) is 18.1 Å². The quantitative estimate of drug-likeness (QED) is 0.759. The van der Waals surface area contributed by atoms with Crippen molar-refractivity contribution in [2.45, 2.75) is 20.0 Å². The van der Waals surface area contributed by atoms with Crippen molar-refractivity contribution in [2.24, 2.45) is 0 Å². The van der Waals surface area contributed by atoms with Crippen LogP contribution in [0.15, 0.2) is 60.7 Å². The van der Waals surface area contributed by atoms with Crippen molar-refractivity contribution in [1.82, 2.24) is 4.90 Å². The molecule has 18 heavy (non-hydrogen) atoms. The van der Waals surface area contributed by atoms with E-state index in [9.17, 15) is 0 Å². The van der Waals surface area contributed by atoms with Crippen LogP contribution in [0.25, 0.3) is 0 Å². The minimum atomic E-state index is 0.866. The van der Waals surface area contributed by atoms with Crippen molar-refractivity contribution >= 4 is 17.2 Å². The molecule has 0 fully saturated rings. The van der Waals surface area contributed by atoms with E-state index in [4.69, 9.17) is 12.2 Å². The van der Waals surface area contributed by atoms with Gasteiger partial charge in [0, 0.05) is 13.1 Å². The molecule has 0 bridgehead atoms. The van der Waals surface area contributed by atoms with Gasteiger partial charge in [0.25, 0.3) is 0 Å². The molecule has 0 spiro atoms. The van der Waals surface area contributed by atoms with Gasteiger partial charge in [0.1, 0.15) is 0 Å². The van der Waals surface area contributed by atoms with Gasteiger partial charge >= 0.3 is 0 Å². The first kappa shape index (κ1) is 12.8. The largest absolute Gasteiger partial charge is 0.358 e. The number of hydrogen-bond donors (Lipinski definition) is 0. The molecule has 0 aliphatic rings. The Hall–Kier alpha value is -1.67. The van der Waals surface area contributed by atoms with E-state index in [1.54, 1.807) is 0 Å². The van der Waals surface area contributed by atoms with Gasteiger partial charge in [-0.2, -0.15) is 0 Å². The molecule has 2 heteroatoms. The van der Waals surface area contributed by atoms with Crippen LogP contribution in [-0.2, 0) is 13.1 Å². The summed E-state index contributed by atoms with van der Waals surface area (Å²) < 4.78 is 0. The highest BCUT2D eigenvalue weighted by Crippen LogP contribution is 2.10. The summed E-state index contributed by atoms with van der Waals surface area (Å²) >= 11 is 5.34. The van der Waals surface area contributed by atoms with Crippen LogP contribution in [0, 0.1) is 0 Å². The van der Waals surface area contributed by atoms with Gasteiger partial charge in [0.15, 0.2) is 0 Å². The fourth-order valence-electron chi connectivity index (χ4n) is 1.89. The molecule has 0 saturated heterocycles. The van der Waals surface area contributed by atoms with Crippen LogP contribution in [-0.4, -0.2) is 9.89 Å². The molecular weight excluding hydrogens is 238 g/mol. The van der Waals surface area contributed by atoms with Crippen molar-refractivity contribution in [2.75, 3.05) is 0 Å². The zero-order chi connectivity index (χ0) is 12.8. The number of rotatable bonds is 4. The second-order valence-corrected chi connectivity index (χ2v) is 4.94. The van der Waals surface area contributed by atoms with Crippen molar-refractivity contribution in [3.8, 4) is 0 Å². The molecule has 2 aromatic rings. The van der Waals surface area contributed by atoms with Gasteiger partial charge in [-0.15, -0.1) is 0 Å². The summed E-state index contributed by atoms with van der Waals surface area (Å²) in [6.45, 7) is 3.72. The fraction of sp³-hybridized carbons (Fsp3) is 0.188. The van der Waals surface area contributed by atoms with Crippen LogP contribution in [0.5, 0.6) is 0 Å². The minimum absolute atomic E-state index is 0.866. The Kier molecular flexibility index (Phi) is 4.48. The Labute approximate surface area is 114 Å². The van der Waals surface area contributed by atoms with Crippen molar-refractivity contribution in [3.63, 3.8) is 0 Å². The lowest BCUT2D eigenvalue weighted by Gasteiger charge is -2.23. The van der Waals surface area contributed by atoms with Gasteiger partial charge in [0.05, 0.1) is 4.99 Å². The molecule has 0 aliphatic heterocycles. The molecule has 0 saturated carbocycles. The molecule has 2 aromatic carbocycles. The summed E-state index contributed by atoms with van der Waals surface area (Å²) in [5, 5.41) is 0. The second kappa shape index (κ2) is 6.31. The Balaban J connectivity index is 2.08. The highest BCUT2D eigenvalue weighted by atomic mass is 32.1. The third-order valence-corrected chi connectivity index (χ3v) is 3.14. The first-order chi connectivity index (χ1) is 8.75. The Morgan fingerprint density at radius 3 is 1.56 bits per heavy atom. The average molecular weight is 255 g/mol. The first-order valence-corrected chi connectivity index (χ1v) is 6.50. The van der Waals surface area contributed by atoms with E-state index in [0.717, 1.165) is 18.1 Å². The number of benzene rings is 2. The topological polar surface area (TPSA) is 3.24 Å². The van der Waals surface area contributed by atoms with Crippen molar-refractivity contribution in [3.05, 3.63) is 71.8 Å². The summed E-state index contributed by atoms with van der Waals surface area (Å²) in [6, 6.07) is 20.9. The van der Waals surface area contributed by atoms with Gasteiger partial charge in [-0.1, -0.05) is 72.9 Å². The number of hydrogen-bond acceptors (Lipinski definition) is 1. The summed E-state index contributed by atoms with van der Waals surface area (Å²) in [6.07, 6.45) is 0. The molecule has 92 valence electrons. The first-order valence-electron chi connectivity index (χ1n) is 6.09. The highest BCUT2D eigenvalue weighted by molar-refractivity contribution is 7.80. The van der Waals surface area contributed by atoms with Gasteiger partial charge in [0.2, 0.25) is 0 Å². The molecule has 0 atom stereocenters. The van der Waals surface area contributed by atoms with Gasteiger partial charge in [-0.3, -0.25) is 0 Å². The maximum atomic E-state index is 5.34. The third kappa shape index (κ3) is 3.67. The Morgan fingerprint density at radius 1 is 0.833 bits per heavy atom. The van der Waals surface area contributed by atoms with Crippen LogP contribution in [0.2, 0.25) is 0 Å². The standard InChI is InChI=1S/C16H17NS/c1-14(18)17(12-15-8-4-2-5-9-15)13-16-10-6-3-7-11-16/h2-11H,12-13H2,1H3. The van der Waals surface area contributed by atoms with E-state index >= 15 is 0 Å². The Morgan fingerprint density at radius 2 is 1.22 bits per heavy atom. The maximum absolute atomic E-state index is 5.34. The monoisotopic (exact) mass is 255 g/mol. The smallest absolute Gasteiger partial charge is 0.0753 e. The summed E-state index contributed by atoms with van der Waals surface area (Å²) in [5.41, 5.74) is 2.58. The van der Waals surface area contributed by atoms with Crippen molar-refractivity contribution < 1.29 is 0 Å². The SMILES string of the molecule is CC(=S)N(Cc1ccccc1)Cc1ccccc1. The molecule has 0 N–H and O–H groups in total. The highest BCUT2D eigenvalue weighted by Gasteiger charge is 2.07.